The lowest BCUT2D eigenvalue weighted by Crippen LogP contribution is -2.26. The van der Waals surface area contributed by atoms with Crippen LogP contribution in [-0.4, -0.2) is 30.8 Å². The highest BCUT2D eigenvalue weighted by molar-refractivity contribution is 7.90. The van der Waals surface area contributed by atoms with Gasteiger partial charge in [0.25, 0.3) is 0 Å². The molecule has 142 valence electrons. The number of aliphatic hydroxyl groups is 2. The average molecular weight is 399 g/mol. The van der Waals surface area contributed by atoms with Gasteiger partial charge in [0.15, 0.2) is 9.84 Å². The molecule has 10 heteroatoms. The van der Waals surface area contributed by atoms with Crippen molar-refractivity contribution < 1.29 is 36.5 Å². The number of benzene rings is 2. The summed E-state index contributed by atoms with van der Waals surface area (Å²) < 4.78 is 70.9. The van der Waals surface area contributed by atoms with Crippen molar-refractivity contribution in [3.05, 3.63) is 52.8 Å². The number of ether oxygens (including phenoxy) is 1. The molecule has 0 bridgehead atoms. The Bertz CT molecular complexity index is 1080. The summed E-state index contributed by atoms with van der Waals surface area (Å²) >= 11 is 0. The van der Waals surface area contributed by atoms with Crippen LogP contribution in [0.25, 0.3) is 0 Å². The normalized spacial score (nSPS) is 20.8. The number of aliphatic hydroxyl groups excluding tert-OH is 2. The number of nitrogens with zero attached hydrogens (tertiary/aromatic N) is 1. The van der Waals surface area contributed by atoms with Crippen LogP contribution >= 0.6 is 0 Å². The molecule has 0 heterocycles. The molecule has 0 fully saturated rings. The topological polar surface area (TPSA) is 108 Å². The summed E-state index contributed by atoms with van der Waals surface area (Å²) in [4.78, 5) is -0.578. The van der Waals surface area contributed by atoms with Crippen LogP contribution in [0.15, 0.2) is 35.2 Å². The van der Waals surface area contributed by atoms with E-state index in [1.807, 2.05) is 0 Å². The van der Waals surface area contributed by atoms with E-state index in [-0.39, 0.29) is 11.3 Å². The number of sulfone groups is 1. The second kappa shape index (κ2) is 6.23. The maximum absolute atomic E-state index is 14.1. The van der Waals surface area contributed by atoms with Gasteiger partial charge in [-0.25, -0.2) is 21.6 Å². The van der Waals surface area contributed by atoms with Crippen molar-refractivity contribution in [1.82, 2.24) is 0 Å². The van der Waals surface area contributed by atoms with Crippen LogP contribution in [0.4, 0.5) is 13.2 Å². The van der Waals surface area contributed by atoms with Gasteiger partial charge in [-0.1, -0.05) is 0 Å². The molecule has 0 saturated carbocycles. The fourth-order valence-corrected chi connectivity index (χ4v) is 3.86. The zero-order chi connectivity index (χ0) is 20.1. The minimum atomic E-state index is -4.05. The fourth-order valence-electron chi connectivity index (χ4n) is 2.92. The molecule has 0 radical (unpaired) electrons. The first-order chi connectivity index (χ1) is 12.5. The maximum Gasteiger partial charge on any atom is 0.307 e. The SMILES string of the molecule is CS(=O)(=O)c1ccc(Oc2cc(F)cc(C#N)c2)c2c1[C@H](O)C(F)(F)[C@@H]2O. The molecule has 1 aliphatic rings. The van der Waals surface area contributed by atoms with E-state index in [0.717, 1.165) is 36.6 Å². The third-order valence-electron chi connectivity index (χ3n) is 4.11. The van der Waals surface area contributed by atoms with Crippen LogP contribution in [-0.2, 0) is 9.84 Å². The summed E-state index contributed by atoms with van der Waals surface area (Å²) in [5.74, 6) is -5.49. The Morgan fingerprint density at radius 2 is 1.78 bits per heavy atom. The fraction of sp³-hybridized carbons (Fsp3) is 0.235. The molecule has 0 unspecified atom stereocenters. The summed E-state index contributed by atoms with van der Waals surface area (Å²) in [7, 11) is -4.00. The third-order valence-corrected chi connectivity index (χ3v) is 5.27. The largest absolute Gasteiger partial charge is 0.457 e. The van der Waals surface area contributed by atoms with E-state index in [9.17, 15) is 31.8 Å². The number of hydrogen-bond acceptors (Lipinski definition) is 6. The summed E-state index contributed by atoms with van der Waals surface area (Å²) in [6.45, 7) is 0. The van der Waals surface area contributed by atoms with Gasteiger partial charge < -0.3 is 14.9 Å². The van der Waals surface area contributed by atoms with Crippen LogP contribution in [0.3, 0.4) is 0 Å². The Morgan fingerprint density at radius 3 is 2.37 bits per heavy atom. The van der Waals surface area contributed by atoms with Crippen molar-refractivity contribution in [2.45, 2.75) is 23.0 Å². The Balaban J connectivity index is 2.21. The maximum atomic E-state index is 14.1. The Morgan fingerprint density at radius 1 is 1.15 bits per heavy atom. The quantitative estimate of drug-likeness (QED) is 0.822. The monoisotopic (exact) mass is 399 g/mol. The van der Waals surface area contributed by atoms with Gasteiger partial charge in [-0.05, 0) is 24.3 Å². The molecule has 2 N–H and O–H groups in total. The number of rotatable bonds is 3. The molecule has 6 nitrogen and oxygen atoms in total. The van der Waals surface area contributed by atoms with Gasteiger partial charge in [-0.3, -0.25) is 0 Å². The van der Waals surface area contributed by atoms with Crippen molar-refractivity contribution in [3.63, 3.8) is 0 Å². The van der Waals surface area contributed by atoms with E-state index in [0.29, 0.717) is 0 Å². The molecule has 0 amide bonds. The third kappa shape index (κ3) is 3.14. The van der Waals surface area contributed by atoms with Crippen LogP contribution < -0.4 is 4.74 Å². The first-order valence-electron chi connectivity index (χ1n) is 7.46. The summed E-state index contributed by atoms with van der Waals surface area (Å²) in [5.41, 5.74) is -1.39. The molecule has 0 aromatic heterocycles. The van der Waals surface area contributed by atoms with Gasteiger partial charge in [0.2, 0.25) is 0 Å². The van der Waals surface area contributed by atoms with Crippen molar-refractivity contribution >= 4 is 9.84 Å². The van der Waals surface area contributed by atoms with Crippen molar-refractivity contribution in [2.24, 2.45) is 0 Å². The molecule has 2 aromatic rings. The van der Waals surface area contributed by atoms with Gasteiger partial charge in [-0.15, -0.1) is 0 Å². The van der Waals surface area contributed by atoms with E-state index >= 15 is 0 Å². The molecule has 3 rings (SSSR count). The standard InChI is InChI=1S/C17H12F3NO5S/c1-27(24,25)12-3-2-11(13-14(12)16(23)17(19,20)15(13)22)26-10-5-8(7-21)4-9(18)6-10/h2-6,15-16,22-23H,1H3/t15-,16+/m1/s1. The Labute approximate surface area is 152 Å². The highest BCUT2D eigenvalue weighted by Crippen LogP contribution is 2.55. The lowest BCUT2D eigenvalue weighted by Gasteiger charge is -2.18. The van der Waals surface area contributed by atoms with E-state index in [4.69, 9.17) is 10.00 Å². The number of fused-ring (bicyclic) bond motifs is 1. The Hall–Kier alpha value is -2.61. The first kappa shape index (κ1) is 19.2. The van der Waals surface area contributed by atoms with Crippen molar-refractivity contribution in [3.8, 4) is 17.6 Å². The minimum absolute atomic E-state index is 0.0969. The molecule has 0 saturated heterocycles. The lowest BCUT2D eigenvalue weighted by atomic mass is 10.1. The van der Waals surface area contributed by atoms with E-state index in [1.165, 1.54) is 0 Å². The van der Waals surface area contributed by atoms with E-state index < -0.39 is 55.6 Å². The number of alkyl halides is 2. The van der Waals surface area contributed by atoms with E-state index in [2.05, 4.69) is 0 Å². The predicted molar refractivity (Wildman–Crippen MR) is 85.6 cm³/mol. The van der Waals surface area contributed by atoms with Gasteiger partial charge >= 0.3 is 5.92 Å². The van der Waals surface area contributed by atoms with Crippen molar-refractivity contribution in [2.75, 3.05) is 6.26 Å². The second-order valence-corrected chi connectivity index (χ2v) is 8.01. The zero-order valence-corrected chi connectivity index (χ0v) is 14.5. The zero-order valence-electron chi connectivity index (χ0n) is 13.6. The van der Waals surface area contributed by atoms with Crippen molar-refractivity contribution in [1.29, 1.82) is 5.26 Å². The summed E-state index contributed by atoms with van der Waals surface area (Å²) in [5, 5.41) is 28.7. The molecule has 2 aromatic carbocycles. The van der Waals surface area contributed by atoms with Gasteiger partial charge in [0.1, 0.15) is 29.5 Å². The summed E-state index contributed by atoms with van der Waals surface area (Å²) in [6, 6.07) is 6.61. The number of halogens is 3. The average Bonchev–Trinajstić information content (AvgIpc) is 2.75. The lowest BCUT2D eigenvalue weighted by molar-refractivity contribution is -0.166. The predicted octanol–water partition coefficient (Wildman–Crippen LogP) is 2.61. The molecular weight excluding hydrogens is 387 g/mol. The van der Waals surface area contributed by atoms with Crippen LogP contribution in [0.1, 0.15) is 28.9 Å². The van der Waals surface area contributed by atoms with Gasteiger partial charge in [0.05, 0.1) is 16.5 Å². The van der Waals surface area contributed by atoms with Crippen LogP contribution in [0, 0.1) is 17.1 Å². The molecule has 0 spiro atoms. The van der Waals surface area contributed by atoms with Gasteiger partial charge in [0, 0.05) is 23.4 Å². The smallest absolute Gasteiger partial charge is 0.307 e. The van der Waals surface area contributed by atoms with E-state index in [1.54, 1.807) is 6.07 Å². The highest BCUT2D eigenvalue weighted by Gasteiger charge is 2.57. The molecule has 1 aliphatic carbocycles. The molecule has 0 aliphatic heterocycles. The Kier molecular flexibility index (Phi) is 4.42. The second-order valence-electron chi connectivity index (χ2n) is 6.03. The molecule has 2 atom stereocenters. The first-order valence-corrected chi connectivity index (χ1v) is 9.35. The summed E-state index contributed by atoms with van der Waals surface area (Å²) in [6.07, 6.45) is -4.34. The highest BCUT2D eigenvalue weighted by atomic mass is 32.2. The van der Waals surface area contributed by atoms with Crippen LogP contribution in [0.5, 0.6) is 11.5 Å². The number of hydrogen-bond donors (Lipinski definition) is 2. The van der Waals surface area contributed by atoms with Gasteiger partial charge in [-0.2, -0.15) is 5.26 Å². The van der Waals surface area contributed by atoms with Crippen LogP contribution in [0.2, 0.25) is 0 Å². The molecular formula is C17H12F3NO5S. The molecule has 27 heavy (non-hydrogen) atoms. The number of nitriles is 1. The minimum Gasteiger partial charge on any atom is -0.457 e.